The third kappa shape index (κ3) is 1.38. The van der Waals surface area contributed by atoms with Crippen LogP contribution in [0.3, 0.4) is 0 Å². The molecule has 0 saturated heterocycles. The number of hydrogen-bond donors (Lipinski definition) is 0. The van der Waals surface area contributed by atoms with Crippen LogP contribution >= 0.6 is 15.8 Å². The lowest BCUT2D eigenvalue weighted by molar-refractivity contribution is 0.488. The third-order valence-corrected chi connectivity index (χ3v) is 3.59. The number of hydrogen-bond acceptors (Lipinski definition) is 1. The molecule has 0 aromatic heterocycles. The molecule has 0 aliphatic carbocycles. The Kier molecular flexibility index (Phi) is 2.06. The highest BCUT2D eigenvalue weighted by atomic mass is 79.9. The number of halogens is 1. The summed E-state index contributed by atoms with van der Waals surface area (Å²) < 4.78 is 5.82. The molecule has 1 heterocycles. The summed E-state index contributed by atoms with van der Waals surface area (Å²) in [5.74, 6) is 1.89. The molecule has 0 N–H and O–H groups in total. The van der Waals surface area contributed by atoms with Crippen LogP contribution in [0, 0.1) is 0 Å². The summed E-state index contributed by atoms with van der Waals surface area (Å²) in [7, 11) is 0. The summed E-state index contributed by atoms with van der Waals surface area (Å²) in [5, 5.41) is 0. The molecule has 0 atom stereocenters. The Morgan fingerprint density at radius 1 is 0.800 bits per heavy atom. The molecule has 2 aromatic rings. The molecule has 15 heavy (non-hydrogen) atoms. The first-order valence-electron chi connectivity index (χ1n) is 4.86. The van der Waals surface area contributed by atoms with Gasteiger partial charge in [0.1, 0.15) is 11.5 Å². The van der Waals surface area contributed by atoms with Gasteiger partial charge in [0.15, 0.2) is 0 Å². The van der Waals surface area contributed by atoms with E-state index in [4.69, 9.17) is 4.74 Å². The number of ether oxygens (including phenoxy) is 1. The fourth-order valence-corrected chi connectivity index (χ4v) is 2.61. The Morgan fingerprint density at radius 3 is 1.80 bits per heavy atom. The van der Waals surface area contributed by atoms with Gasteiger partial charge in [0.25, 0.3) is 5.54 Å². The molecule has 72 valence electrons. The van der Waals surface area contributed by atoms with Crippen molar-refractivity contribution in [2.75, 3.05) is 0 Å². The van der Waals surface area contributed by atoms with Gasteiger partial charge in [0.05, 0.1) is 0 Å². The molecule has 2 aromatic carbocycles. The van der Waals surface area contributed by atoms with Gasteiger partial charge in [0, 0.05) is 0 Å². The Morgan fingerprint density at radius 2 is 1.27 bits per heavy atom. The van der Waals surface area contributed by atoms with Gasteiger partial charge in [-0.05, 0) is 23.1 Å². The van der Waals surface area contributed by atoms with Crippen molar-refractivity contribution in [3.8, 4) is 11.5 Å². The van der Waals surface area contributed by atoms with Crippen molar-refractivity contribution < 1.29 is 4.74 Å². The van der Waals surface area contributed by atoms with Gasteiger partial charge in [-0.15, -0.1) is 15.8 Å². The summed E-state index contributed by atoms with van der Waals surface area (Å²) >= 11 is 3.71. The molecule has 0 unspecified atom stereocenters. The van der Waals surface area contributed by atoms with Crippen molar-refractivity contribution in [1.29, 1.82) is 0 Å². The number of rotatable bonds is 0. The van der Waals surface area contributed by atoms with E-state index in [1.54, 1.807) is 0 Å². The molecular formula is C12H8BBrO. The Labute approximate surface area is 97.1 Å². The quantitative estimate of drug-likeness (QED) is 0.659. The smallest absolute Gasteiger partial charge is 0.295 e. The second-order valence-electron chi connectivity index (χ2n) is 3.54. The van der Waals surface area contributed by atoms with Gasteiger partial charge >= 0.3 is 0 Å². The number of fused-ring (bicyclic) bond motifs is 2. The van der Waals surface area contributed by atoms with Crippen molar-refractivity contribution in [2.45, 2.75) is 0 Å². The van der Waals surface area contributed by atoms with Crippen molar-refractivity contribution >= 4 is 32.2 Å². The molecule has 3 rings (SSSR count). The van der Waals surface area contributed by atoms with Crippen LogP contribution < -0.4 is 15.7 Å². The van der Waals surface area contributed by atoms with E-state index in [-0.39, 0.29) is 5.54 Å². The highest BCUT2D eigenvalue weighted by Gasteiger charge is 2.27. The average Bonchev–Trinajstić information content (AvgIpc) is 2.30. The van der Waals surface area contributed by atoms with E-state index in [0.29, 0.717) is 0 Å². The summed E-state index contributed by atoms with van der Waals surface area (Å²) in [6.07, 6.45) is 0. The molecule has 1 nitrogen and oxygen atoms in total. The summed E-state index contributed by atoms with van der Waals surface area (Å²) in [6, 6.07) is 16.2. The minimum atomic E-state index is 0.235. The topological polar surface area (TPSA) is 9.23 Å². The van der Waals surface area contributed by atoms with Crippen LogP contribution in [0.2, 0.25) is 0 Å². The Hall–Kier alpha value is -1.22. The molecule has 0 bridgehead atoms. The largest absolute Gasteiger partial charge is 0.458 e. The zero-order valence-corrected chi connectivity index (χ0v) is 9.57. The van der Waals surface area contributed by atoms with E-state index in [1.807, 2.05) is 36.4 Å². The van der Waals surface area contributed by atoms with E-state index >= 15 is 0 Å². The maximum Gasteiger partial charge on any atom is 0.295 e. The summed E-state index contributed by atoms with van der Waals surface area (Å²) in [4.78, 5) is 0. The second kappa shape index (κ2) is 3.42. The maximum absolute atomic E-state index is 5.82. The summed E-state index contributed by atoms with van der Waals surface area (Å²) in [5.41, 5.74) is 2.62. The number of para-hydroxylation sites is 2. The molecular weight excluding hydrogens is 251 g/mol. The normalized spacial score (nSPS) is 12.7. The van der Waals surface area contributed by atoms with Crippen LogP contribution in [0.4, 0.5) is 0 Å². The lowest BCUT2D eigenvalue weighted by Crippen LogP contribution is -2.41. The Balaban J connectivity index is 2.20. The van der Waals surface area contributed by atoms with Crippen molar-refractivity contribution in [1.82, 2.24) is 0 Å². The van der Waals surface area contributed by atoms with Crippen molar-refractivity contribution in [3.05, 3.63) is 48.5 Å². The molecule has 0 fully saturated rings. The lowest BCUT2D eigenvalue weighted by atomic mass is 9.61. The van der Waals surface area contributed by atoms with Gasteiger partial charge in [-0.3, -0.25) is 0 Å². The summed E-state index contributed by atoms with van der Waals surface area (Å²) in [6.45, 7) is 0. The number of benzene rings is 2. The third-order valence-electron chi connectivity index (χ3n) is 2.60. The van der Waals surface area contributed by atoms with Crippen molar-refractivity contribution in [2.24, 2.45) is 0 Å². The predicted octanol–water partition coefficient (Wildman–Crippen LogP) is 2.29. The van der Waals surface area contributed by atoms with Crippen LogP contribution in [-0.2, 0) is 0 Å². The highest BCUT2D eigenvalue weighted by Crippen LogP contribution is 2.25. The average molecular weight is 259 g/mol. The second-order valence-corrected chi connectivity index (χ2v) is 4.46. The molecule has 0 spiro atoms. The zero-order valence-electron chi connectivity index (χ0n) is 7.98. The van der Waals surface area contributed by atoms with E-state index in [2.05, 4.69) is 27.9 Å². The van der Waals surface area contributed by atoms with E-state index in [1.165, 1.54) is 10.9 Å². The van der Waals surface area contributed by atoms with Gasteiger partial charge in [-0.2, -0.15) is 0 Å². The molecule has 1 aliphatic rings. The first-order valence-corrected chi connectivity index (χ1v) is 5.77. The lowest BCUT2D eigenvalue weighted by Gasteiger charge is -2.22. The minimum Gasteiger partial charge on any atom is -0.458 e. The SMILES string of the molecule is BrB1c2ccccc2Oc2ccccc21. The molecule has 3 heteroatoms. The highest BCUT2D eigenvalue weighted by molar-refractivity contribution is 9.25. The minimum absolute atomic E-state index is 0.235. The maximum atomic E-state index is 5.82. The van der Waals surface area contributed by atoms with Crippen LogP contribution in [-0.4, -0.2) is 5.54 Å². The Bertz CT molecular complexity index is 467. The zero-order chi connectivity index (χ0) is 10.3. The van der Waals surface area contributed by atoms with Crippen LogP contribution in [0.25, 0.3) is 0 Å². The van der Waals surface area contributed by atoms with Gasteiger partial charge in [-0.1, -0.05) is 36.4 Å². The van der Waals surface area contributed by atoms with Gasteiger partial charge in [0.2, 0.25) is 0 Å². The van der Waals surface area contributed by atoms with E-state index in [9.17, 15) is 0 Å². The first kappa shape index (κ1) is 9.04. The standard InChI is InChI=1S/C12H8BBrO/c14-13-9-5-1-3-7-11(9)15-12-8-4-2-6-10(12)13/h1-8H. The van der Waals surface area contributed by atoms with E-state index < -0.39 is 0 Å². The predicted molar refractivity (Wildman–Crippen MR) is 66.9 cm³/mol. The molecule has 0 radical (unpaired) electrons. The van der Waals surface area contributed by atoms with Crippen LogP contribution in [0.1, 0.15) is 0 Å². The van der Waals surface area contributed by atoms with Crippen LogP contribution in [0.15, 0.2) is 48.5 Å². The van der Waals surface area contributed by atoms with Crippen molar-refractivity contribution in [3.63, 3.8) is 0 Å². The molecule has 0 amide bonds. The first-order chi connectivity index (χ1) is 7.36. The fourth-order valence-electron chi connectivity index (χ4n) is 1.85. The van der Waals surface area contributed by atoms with Crippen LogP contribution in [0.5, 0.6) is 11.5 Å². The van der Waals surface area contributed by atoms with Gasteiger partial charge in [-0.25, -0.2) is 0 Å². The molecule has 0 saturated carbocycles. The fraction of sp³-hybridized carbons (Fsp3) is 0. The van der Waals surface area contributed by atoms with E-state index in [0.717, 1.165) is 11.5 Å². The molecule has 1 aliphatic heterocycles. The monoisotopic (exact) mass is 258 g/mol. The van der Waals surface area contributed by atoms with Gasteiger partial charge < -0.3 is 4.74 Å².